The Hall–Kier alpha value is -3.85. The molecule has 0 bridgehead atoms. The number of amides is 3. The van der Waals surface area contributed by atoms with Gasteiger partial charge in [-0.05, 0) is 55.1 Å². The summed E-state index contributed by atoms with van der Waals surface area (Å²) in [7, 11) is 1.89. The number of fused-ring (bicyclic) bond motifs is 2. The van der Waals surface area contributed by atoms with Gasteiger partial charge in [0.15, 0.2) is 0 Å². The maximum absolute atomic E-state index is 13.8. The van der Waals surface area contributed by atoms with Gasteiger partial charge in [0.1, 0.15) is 5.82 Å². The topological polar surface area (TPSA) is 85.7 Å². The summed E-state index contributed by atoms with van der Waals surface area (Å²) in [4.78, 5) is 32.8. The highest BCUT2D eigenvalue weighted by molar-refractivity contribution is 6.09. The van der Waals surface area contributed by atoms with Crippen LogP contribution in [0.1, 0.15) is 46.3 Å². The van der Waals surface area contributed by atoms with Crippen LogP contribution in [0.15, 0.2) is 48.7 Å². The summed E-state index contributed by atoms with van der Waals surface area (Å²) in [5.41, 5.74) is 5.18. The van der Waals surface area contributed by atoms with E-state index in [2.05, 4.69) is 20.6 Å². The lowest BCUT2D eigenvalue weighted by Crippen LogP contribution is -2.51. The van der Waals surface area contributed by atoms with Gasteiger partial charge in [-0.2, -0.15) is 5.10 Å². The predicted octanol–water partition coefficient (Wildman–Crippen LogP) is 4.26. The molecule has 3 aromatic rings. The first kappa shape index (κ1) is 25.4. The third-order valence-corrected chi connectivity index (χ3v) is 8.21. The van der Waals surface area contributed by atoms with Crippen molar-refractivity contribution in [3.63, 3.8) is 0 Å². The first-order valence-electron chi connectivity index (χ1n) is 14.0. The van der Waals surface area contributed by atoms with Gasteiger partial charge in [0.25, 0.3) is 5.91 Å². The zero-order chi connectivity index (χ0) is 26.9. The molecule has 0 atom stereocenters. The van der Waals surface area contributed by atoms with Crippen LogP contribution < -0.4 is 15.5 Å². The Bertz CT molecular complexity index is 1370. The molecule has 204 valence electrons. The van der Waals surface area contributed by atoms with E-state index in [1.807, 2.05) is 66.2 Å². The summed E-state index contributed by atoms with van der Waals surface area (Å²) in [5, 5.41) is 10.9. The molecule has 9 nitrogen and oxygen atoms in total. The van der Waals surface area contributed by atoms with E-state index in [1.54, 1.807) is 10.9 Å². The van der Waals surface area contributed by atoms with Gasteiger partial charge in [-0.1, -0.05) is 37.1 Å². The highest BCUT2D eigenvalue weighted by atomic mass is 16.2. The molecule has 2 aliphatic heterocycles. The number of benzene rings is 2. The van der Waals surface area contributed by atoms with Crippen molar-refractivity contribution < 1.29 is 9.59 Å². The average molecular weight is 528 g/mol. The minimum absolute atomic E-state index is 0.0180. The van der Waals surface area contributed by atoms with Crippen molar-refractivity contribution in [2.75, 3.05) is 42.9 Å². The SMILES string of the molecule is Cc1cc(CNC(=O)N2CCN(CCC3CC3)CC2)ccc1C(=O)N1Cc2cnn(C)c2Nc2ccccc21. The van der Waals surface area contributed by atoms with Gasteiger partial charge in [0, 0.05) is 50.9 Å². The van der Waals surface area contributed by atoms with Crippen LogP contribution in [0.25, 0.3) is 0 Å². The number of aromatic nitrogens is 2. The van der Waals surface area contributed by atoms with Crippen molar-refractivity contribution in [1.29, 1.82) is 0 Å². The maximum Gasteiger partial charge on any atom is 0.317 e. The third kappa shape index (κ3) is 5.49. The van der Waals surface area contributed by atoms with Crippen LogP contribution in [0, 0.1) is 12.8 Å². The molecule has 0 unspecified atom stereocenters. The van der Waals surface area contributed by atoms with Crippen LogP contribution in [0.3, 0.4) is 0 Å². The van der Waals surface area contributed by atoms with E-state index in [0.717, 1.165) is 72.5 Å². The Balaban J connectivity index is 1.09. The van der Waals surface area contributed by atoms with E-state index in [1.165, 1.54) is 19.3 Å². The Morgan fingerprint density at radius 1 is 1.08 bits per heavy atom. The van der Waals surface area contributed by atoms with Gasteiger partial charge >= 0.3 is 6.03 Å². The summed E-state index contributed by atoms with van der Waals surface area (Å²) < 4.78 is 1.80. The Labute approximate surface area is 229 Å². The quantitative estimate of drug-likeness (QED) is 0.500. The lowest BCUT2D eigenvalue weighted by molar-refractivity contribution is 0.0984. The van der Waals surface area contributed by atoms with Crippen LogP contribution in [0.4, 0.5) is 22.0 Å². The zero-order valence-corrected chi connectivity index (χ0v) is 22.8. The molecule has 6 rings (SSSR count). The number of carbonyl (C=O) groups is 2. The molecule has 9 heteroatoms. The van der Waals surface area contributed by atoms with E-state index in [-0.39, 0.29) is 11.9 Å². The van der Waals surface area contributed by atoms with Gasteiger partial charge in [-0.25, -0.2) is 4.79 Å². The van der Waals surface area contributed by atoms with Gasteiger partial charge in [-0.3, -0.25) is 14.4 Å². The van der Waals surface area contributed by atoms with Crippen molar-refractivity contribution >= 4 is 29.1 Å². The summed E-state index contributed by atoms with van der Waals surface area (Å²) in [6.45, 7) is 7.42. The Kier molecular flexibility index (Phi) is 6.99. The van der Waals surface area contributed by atoms with Crippen molar-refractivity contribution in [3.05, 3.63) is 70.9 Å². The summed E-state index contributed by atoms with van der Waals surface area (Å²) in [6.07, 6.45) is 5.90. The van der Waals surface area contributed by atoms with E-state index in [9.17, 15) is 9.59 Å². The number of anilines is 3. The van der Waals surface area contributed by atoms with Gasteiger partial charge in [0.2, 0.25) is 0 Å². The molecule has 0 spiro atoms. The van der Waals surface area contributed by atoms with Crippen LogP contribution in [0.5, 0.6) is 0 Å². The number of carbonyl (C=O) groups excluding carboxylic acids is 2. The van der Waals surface area contributed by atoms with Crippen molar-refractivity contribution in [1.82, 2.24) is 24.9 Å². The number of rotatable bonds is 6. The number of hydrogen-bond acceptors (Lipinski definition) is 5. The molecule has 3 heterocycles. The number of hydrogen-bond donors (Lipinski definition) is 2. The predicted molar refractivity (Wildman–Crippen MR) is 152 cm³/mol. The highest BCUT2D eigenvalue weighted by Crippen LogP contribution is 2.36. The van der Waals surface area contributed by atoms with Crippen LogP contribution in [-0.2, 0) is 20.1 Å². The molecule has 1 aliphatic carbocycles. The first-order chi connectivity index (χ1) is 19.0. The van der Waals surface area contributed by atoms with Crippen molar-refractivity contribution in [2.24, 2.45) is 13.0 Å². The highest BCUT2D eigenvalue weighted by Gasteiger charge is 2.28. The minimum Gasteiger partial charge on any atom is -0.338 e. The van der Waals surface area contributed by atoms with Crippen molar-refractivity contribution in [2.45, 2.75) is 39.3 Å². The normalized spacial score (nSPS) is 17.2. The van der Waals surface area contributed by atoms with E-state index in [0.29, 0.717) is 18.7 Å². The lowest BCUT2D eigenvalue weighted by Gasteiger charge is -2.34. The maximum atomic E-state index is 13.8. The Morgan fingerprint density at radius 3 is 2.64 bits per heavy atom. The second-order valence-electron chi connectivity index (χ2n) is 11.0. The molecule has 1 aromatic heterocycles. The number of para-hydroxylation sites is 2. The molecule has 0 radical (unpaired) electrons. The fraction of sp³-hybridized carbons (Fsp3) is 0.433. The van der Waals surface area contributed by atoms with E-state index in [4.69, 9.17) is 0 Å². The number of piperazine rings is 1. The molecule has 39 heavy (non-hydrogen) atoms. The van der Waals surface area contributed by atoms with Crippen LogP contribution in [0.2, 0.25) is 0 Å². The summed E-state index contributed by atoms with van der Waals surface area (Å²) in [5.74, 6) is 1.77. The molecular weight excluding hydrogens is 490 g/mol. The fourth-order valence-corrected chi connectivity index (χ4v) is 5.60. The van der Waals surface area contributed by atoms with Crippen molar-refractivity contribution in [3.8, 4) is 0 Å². The summed E-state index contributed by atoms with van der Waals surface area (Å²) >= 11 is 0. The van der Waals surface area contributed by atoms with Gasteiger partial charge in [0.05, 0.1) is 24.1 Å². The standard InChI is InChI=1S/C30H37N7O2/c1-21-17-23(18-31-30(39)36-15-13-35(14-16-36)12-11-22-7-8-22)9-10-25(21)29(38)37-20-24-19-32-34(2)28(24)33-26-5-3-4-6-27(26)37/h3-6,9-10,17,19,22,33H,7-8,11-16,18,20H2,1-2H3,(H,31,39). The first-order valence-corrected chi connectivity index (χ1v) is 14.0. The monoisotopic (exact) mass is 527 g/mol. The lowest BCUT2D eigenvalue weighted by atomic mass is 10.0. The van der Waals surface area contributed by atoms with Gasteiger partial charge < -0.3 is 20.4 Å². The fourth-order valence-electron chi connectivity index (χ4n) is 5.60. The smallest absolute Gasteiger partial charge is 0.317 e. The number of nitrogens with zero attached hydrogens (tertiary/aromatic N) is 5. The molecular formula is C30H37N7O2. The largest absolute Gasteiger partial charge is 0.338 e. The molecule has 3 aliphatic rings. The molecule has 1 saturated heterocycles. The van der Waals surface area contributed by atoms with Crippen LogP contribution in [-0.4, -0.2) is 64.2 Å². The molecule has 2 aromatic carbocycles. The second kappa shape index (κ2) is 10.7. The second-order valence-corrected chi connectivity index (χ2v) is 11.0. The average Bonchev–Trinajstić information content (AvgIpc) is 3.75. The van der Waals surface area contributed by atoms with Crippen LogP contribution >= 0.6 is 0 Å². The number of urea groups is 1. The van der Waals surface area contributed by atoms with Gasteiger partial charge in [-0.15, -0.1) is 0 Å². The zero-order valence-electron chi connectivity index (χ0n) is 22.8. The third-order valence-electron chi connectivity index (χ3n) is 8.21. The van der Waals surface area contributed by atoms with E-state index >= 15 is 0 Å². The summed E-state index contributed by atoms with van der Waals surface area (Å²) in [6, 6.07) is 13.6. The number of nitrogens with one attached hydrogen (secondary N) is 2. The molecule has 1 saturated carbocycles. The Morgan fingerprint density at radius 2 is 1.87 bits per heavy atom. The molecule has 3 amide bonds. The number of aryl methyl sites for hydroxylation is 2. The van der Waals surface area contributed by atoms with E-state index < -0.39 is 0 Å². The minimum atomic E-state index is -0.0615. The molecule has 2 fully saturated rings. The molecule has 2 N–H and O–H groups in total.